The van der Waals surface area contributed by atoms with E-state index in [2.05, 4.69) is 10.3 Å². The van der Waals surface area contributed by atoms with Gasteiger partial charge in [-0.1, -0.05) is 6.07 Å². The van der Waals surface area contributed by atoms with Crippen LogP contribution in [0.5, 0.6) is 5.75 Å². The number of anilines is 1. The van der Waals surface area contributed by atoms with Crippen molar-refractivity contribution >= 4 is 27.4 Å². The van der Waals surface area contributed by atoms with E-state index in [0.717, 1.165) is 6.26 Å². The number of H-pyrrole nitrogens is 1. The molecular weight excluding hydrogens is 412 g/mol. The van der Waals surface area contributed by atoms with Crippen LogP contribution < -0.4 is 10.1 Å². The van der Waals surface area contributed by atoms with E-state index in [4.69, 9.17) is 14.2 Å². The van der Waals surface area contributed by atoms with Gasteiger partial charge in [-0.3, -0.25) is 4.79 Å². The standard InChI is InChI=1S/C20H26N2O7S/c1-13-17(20(24)29-9-8-27-3)14(2)21-18(13)19(23)22-15-6-5-7-16(12-15)28-10-11-30(4,25)26/h5-7,12,21H,8-11H2,1-4H3,(H,22,23). The minimum Gasteiger partial charge on any atom is -0.492 e. The molecule has 0 unspecified atom stereocenters. The molecular formula is C20H26N2O7S. The van der Waals surface area contributed by atoms with Gasteiger partial charge in [0.2, 0.25) is 0 Å². The minimum absolute atomic E-state index is 0.0136. The quantitative estimate of drug-likeness (QED) is 0.430. The average Bonchev–Trinajstić information content (AvgIpc) is 2.95. The summed E-state index contributed by atoms with van der Waals surface area (Å²) in [6.07, 6.45) is 1.13. The van der Waals surface area contributed by atoms with E-state index < -0.39 is 21.7 Å². The van der Waals surface area contributed by atoms with Gasteiger partial charge in [-0.25, -0.2) is 13.2 Å². The molecule has 0 atom stereocenters. The molecule has 2 N–H and O–H groups in total. The zero-order valence-electron chi connectivity index (χ0n) is 17.4. The van der Waals surface area contributed by atoms with Crippen LogP contribution in [0, 0.1) is 13.8 Å². The maximum absolute atomic E-state index is 12.7. The molecule has 1 heterocycles. The fourth-order valence-corrected chi connectivity index (χ4v) is 3.13. The predicted molar refractivity (Wildman–Crippen MR) is 112 cm³/mol. The Bertz CT molecular complexity index is 1010. The number of amides is 1. The first-order valence-electron chi connectivity index (χ1n) is 9.19. The SMILES string of the molecule is COCCOC(=O)c1c(C)[nH]c(C(=O)Nc2cccc(OCCS(C)(=O)=O)c2)c1C. The molecule has 1 aromatic carbocycles. The molecule has 0 aliphatic carbocycles. The van der Waals surface area contributed by atoms with Gasteiger partial charge in [-0.2, -0.15) is 0 Å². The predicted octanol–water partition coefficient (Wildman–Crippen LogP) is 2.11. The molecule has 0 aliphatic rings. The summed E-state index contributed by atoms with van der Waals surface area (Å²) in [7, 11) is -1.62. The van der Waals surface area contributed by atoms with Crippen molar-refractivity contribution in [2.45, 2.75) is 13.8 Å². The molecule has 10 heteroatoms. The number of rotatable bonds is 10. The van der Waals surface area contributed by atoms with Gasteiger partial charge in [0, 0.05) is 30.8 Å². The van der Waals surface area contributed by atoms with Gasteiger partial charge >= 0.3 is 5.97 Å². The van der Waals surface area contributed by atoms with Crippen LogP contribution in [0.4, 0.5) is 5.69 Å². The van der Waals surface area contributed by atoms with Crippen LogP contribution in [0.25, 0.3) is 0 Å². The summed E-state index contributed by atoms with van der Waals surface area (Å²) in [6.45, 7) is 3.76. The average molecular weight is 439 g/mol. The van der Waals surface area contributed by atoms with E-state index in [-0.39, 0.29) is 31.3 Å². The van der Waals surface area contributed by atoms with Gasteiger partial charge in [0.05, 0.1) is 17.9 Å². The van der Waals surface area contributed by atoms with Gasteiger partial charge in [0.25, 0.3) is 5.91 Å². The van der Waals surface area contributed by atoms with Crippen LogP contribution in [0.2, 0.25) is 0 Å². The van der Waals surface area contributed by atoms with Crippen molar-refractivity contribution in [3.8, 4) is 5.75 Å². The summed E-state index contributed by atoms with van der Waals surface area (Å²) in [5.41, 5.74) is 2.03. The number of benzene rings is 1. The van der Waals surface area contributed by atoms with Crippen LogP contribution in [0.15, 0.2) is 24.3 Å². The number of hydrogen-bond donors (Lipinski definition) is 2. The van der Waals surface area contributed by atoms with E-state index in [1.807, 2.05) is 0 Å². The number of ether oxygens (including phenoxy) is 3. The first-order chi connectivity index (χ1) is 14.1. The normalized spacial score (nSPS) is 11.2. The molecule has 0 spiro atoms. The molecule has 30 heavy (non-hydrogen) atoms. The lowest BCUT2D eigenvalue weighted by atomic mass is 10.1. The molecule has 0 aliphatic heterocycles. The third kappa shape index (κ3) is 6.60. The highest BCUT2D eigenvalue weighted by Crippen LogP contribution is 2.22. The highest BCUT2D eigenvalue weighted by atomic mass is 32.2. The van der Waals surface area contributed by atoms with E-state index in [1.165, 1.54) is 7.11 Å². The highest BCUT2D eigenvalue weighted by Gasteiger charge is 2.23. The molecule has 2 rings (SSSR count). The first-order valence-corrected chi connectivity index (χ1v) is 11.3. The lowest BCUT2D eigenvalue weighted by Crippen LogP contribution is -2.15. The fraction of sp³-hybridized carbons (Fsp3) is 0.400. The molecule has 0 bridgehead atoms. The number of sulfone groups is 1. The van der Waals surface area contributed by atoms with E-state index in [0.29, 0.717) is 28.3 Å². The molecule has 9 nitrogen and oxygen atoms in total. The fourth-order valence-electron chi connectivity index (χ4n) is 2.74. The second kappa shape index (κ2) is 10.3. The van der Waals surface area contributed by atoms with Crippen molar-refractivity contribution < 1.29 is 32.2 Å². The maximum atomic E-state index is 12.7. The van der Waals surface area contributed by atoms with Crippen molar-refractivity contribution in [3.05, 3.63) is 46.8 Å². The molecule has 0 saturated carbocycles. The van der Waals surface area contributed by atoms with Gasteiger partial charge in [-0.15, -0.1) is 0 Å². The number of hydrogen-bond acceptors (Lipinski definition) is 7. The van der Waals surface area contributed by atoms with Gasteiger partial charge in [0.1, 0.15) is 24.7 Å². The Morgan fingerprint density at radius 1 is 1.13 bits per heavy atom. The number of nitrogens with one attached hydrogen (secondary N) is 2. The molecule has 0 fully saturated rings. The molecule has 2 aromatic rings. The molecule has 1 amide bonds. The lowest BCUT2D eigenvalue weighted by Gasteiger charge is -2.09. The van der Waals surface area contributed by atoms with Crippen LogP contribution in [0.3, 0.4) is 0 Å². The second-order valence-electron chi connectivity index (χ2n) is 6.71. The van der Waals surface area contributed by atoms with Crippen LogP contribution in [0.1, 0.15) is 32.1 Å². The summed E-state index contributed by atoms with van der Waals surface area (Å²) in [6, 6.07) is 6.60. The summed E-state index contributed by atoms with van der Waals surface area (Å²) < 4.78 is 37.8. The molecule has 1 aromatic heterocycles. The van der Waals surface area contributed by atoms with Gasteiger partial charge < -0.3 is 24.5 Å². The second-order valence-corrected chi connectivity index (χ2v) is 8.97. The number of esters is 1. The number of aryl methyl sites for hydroxylation is 1. The Hall–Kier alpha value is -2.85. The lowest BCUT2D eigenvalue weighted by molar-refractivity contribution is 0.0386. The number of carbonyl (C=O) groups excluding carboxylic acids is 2. The Morgan fingerprint density at radius 2 is 1.87 bits per heavy atom. The van der Waals surface area contributed by atoms with Crippen molar-refractivity contribution in [2.75, 3.05) is 44.3 Å². The van der Waals surface area contributed by atoms with Crippen molar-refractivity contribution in [1.82, 2.24) is 4.98 Å². The third-order valence-electron chi connectivity index (χ3n) is 4.20. The Kier molecular flexibility index (Phi) is 8.01. The summed E-state index contributed by atoms with van der Waals surface area (Å²) in [5, 5.41) is 2.74. The van der Waals surface area contributed by atoms with Crippen molar-refractivity contribution in [1.29, 1.82) is 0 Å². The van der Waals surface area contributed by atoms with Crippen LogP contribution in [-0.2, 0) is 19.3 Å². The van der Waals surface area contributed by atoms with Crippen molar-refractivity contribution in [3.63, 3.8) is 0 Å². The number of aromatic nitrogens is 1. The number of methoxy groups -OCH3 is 1. The Balaban J connectivity index is 2.08. The topological polar surface area (TPSA) is 124 Å². The van der Waals surface area contributed by atoms with E-state index in [1.54, 1.807) is 38.1 Å². The number of aromatic amines is 1. The number of carbonyl (C=O) groups is 2. The molecule has 0 saturated heterocycles. The van der Waals surface area contributed by atoms with E-state index >= 15 is 0 Å². The first kappa shape index (κ1) is 23.4. The summed E-state index contributed by atoms with van der Waals surface area (Å²) in [4.78, 5) is 27.9. The Labute approximate surface area is 175 Å². The zero-order valence-corrected chi connectivity index (χ0v) is 18.2. The summed E-state index contributed by atoms with van der Waals surface area (Å²) >= 11 is 0. The molecule has 164 valence electrons. The monoisotopic (exact) mass is 438 g/mol. The zero-order chi connectivity index (χ0) is 22.3. The highest BCUT2D eigenvalue weighted by molar-refractivity contribution is 7.90. The third-order valence-corrected chi connectivity index (χ3v) is 5.11. The summed E-state index contributed by atoms with van der Waals surface area (Å²) in [5.74, 6) is -0.634. The van der Waals surface area contributed by atoms with Gasteiger partial charge in [0.15, 0.2) is 9.84 Å². The molecule has 0 radical (unpaired) electrons. The maximum Gasteiger partial charge on any atom is 0.340 e. The largest absolute Gasteiger partial charge is 0.492 e. The van der Waals surface area contributed by atoms with Crippen molar-refractivity contribution in [2.24, 2.45) is 0 Å². The minimum atomic E-state index is -3.12. The Morgan fingerprint density at radius 3 is 2.53 bits per heavy atom. The smallest absolute Gasteiger partial charge is 0.340 e. The van der Waals surface area contributed by atoms with Crippen LogP contribution >= 0.6 is 0 Å². The van der Waals surface area contributed by atoms with Gasteiger partial charge in [-0.05, 0) is 31.5 Å². The van der Waals surface area contributed by atoms with Crippen LogP contribution in [-0.4, -0.2) is 64.2 Å². The van der Waals surface area contributed by atoms with E-state index in [9.17, 15) is 18.0 Å².